The number of halogens is 4. The summed E-state index contributed by atoms with van der Waals surface area (Å²) in [4.78, 5) is 16.3. The maximum absolute atomic E-state index is 12.7. The molecule has 2 rings (SSSR count). The second-order valence-corrected chi connectivity index (χ2v) is 6.08. The fraction of sp³-hybridized carbons (Fsp3) is 0.500. The molecule has 0 bridgehead atoms. The molecule has 0 aromatic heterocycles. The van der Waals surface area contributed by atoms with E-state index in [1.165, 1.54) is 12.1 Å². The van der Waals surface area contributed by atoms with E-state index < -0.39 is 11.7 Å². The third kappa shape index (κ3) is 3.88. The molecule has 1 aliphatic heterocycles. The highest BCUT2D eigenvalue weighted by Crippen LogP contribution is 2.33. The van der Waals surface area contributed by atoms with E-state index in [9.17, 15) is 18.0 Å². The van der Waals surface area contributed by atoms with E-state index in [1.807, 2.05) is 0 Å². The van der Waals surface area contributed by atoms with Crippen molar-refractivity contribution in [2.75, 3.05) is 32.7 Å². The van der Waals surface area contributed by atoms with Gasteiger partial charge < -0.3 is 9.80 Å². The maximum Gasteiger partial charge on any atom is 0.417 e. The van der Waals surface area contributed by atoms with E-state index >= 15 is 0 Å². The van der Waals surface area contributed by atoms with Crippen LogP contribution < -0.4 is 0 Å². The molecule has 1 aromatic carbocycles. The van der Waals surface area contributed by atoms with Gasteiger partial charge in [-0.05, 0) is 47.3 Å². The van der Waals surface area contributed by atoms with Gasteiger partial charge in [0, 0.05) is 35.3 Å². The highest BCUT2D eigenvalue weighted by Gasteiger charge is 2.33. The van der Waals surface area contributed by atoms with E-state index in [-0.39, 0.29) is 9.48 Å². The van der Waals surface area contributed by atoms with Crippen molar-refractivity contribution in [2.45, 2.75) is 13.1 Å². The first-order chi connectivity index (χ1) is 9.82. The van der Waals surface area contributed by atoms with Gasteiger partial charge in [0.2, 0.25) is 0 Å². The van der Waals surface area contributed by atoms with Crippen molar-refractivity contribution in [3.05, 3.63) is 32.9 Å². The molecular formula is C14H16F3IN2O. The number of nitrogens with zero attached hydrogens (tertiary/aromatic N) is 2. The summed E-state index contributed by atoms with van der Waals surface area (Å²) in [6, 6.07) is 3.56. The minimum absolute atomic E-state index is 0.0538. The maximum atomic E-state index is 12.7. The lowest BCUT2D eigenvalue weighted by Crippen LogP contribution is -2.48. The number of alkyl halides is 3. The van der Waals surface area contributed by atoms with Crippen LogP contribution in [0.15, 0.2) is 18.2 Å². The molecule has 3 nitrogen and oxygen atoms in total. The van der Waals surface area contributed by atoms with Crippen LogP contribution in [0.3, 0.4) is 0 Å². The Kier molecular flexibility index (Phi) is 5.13. The quantitative estimate of drug-likeness (QED) is 0.698. The summed E-state index contributed by atoms with van der Waals surface area (Å²) in [5.74, 6) is -0.197. The Morgan fingerprint density at radius 2 is 1.86 bits per heavy atom. The van der Waals surface area contributed by atoms with Gasteiger partial charge in [-0.2, -0.15) is 13.2 Å². The average molecular weight is 412 g/mol. The molecule has 0 N–H and O–H groups in total. The van der Waals surface area contributed by atoms with Crippen LogP contribution in [-0.4, -0.2) is 48.4 Å². The van der Waals surface area contributed by atoms with Crippen LogP contribution in [0.2, 0.25) is 0 Å². The second-order valence-electron chi connectivity index (χ2n) is 4.92. The van der Waals surface area contributed by atoms with Crippen LogP contribution in [0.4, 0.5) is 13.2 Å². The number of benzene rings is 1. The summed E-state index contributed by atoms with van der Waals surface area (Å²) in [6.45, 7) is 5.85. The molecule has 7 heteroatoms. The minimum atomic E-state index is -4.38. The Labute approximate surface area is 135 Å². The molecule has 1 amide bonds. The topological polar surface area (TPSA) is 23.6 Å². The fourth-order valence-corrected chi connectivity index (χ4v) is 3.15. The van der Waals surface area contributed by atoms with Crippen molar-refractivity contribution in [3.63, 3.8) is 0 Å². The first-order valence-electron chi connectivity index (χ1n) is 6.71. The number of likely N-dealkylation sites (N-methyl/N-ethyl adjacent to an activating group) is 1. The fourth-order valence-electron chi connectivity index (χ4n) is 2.33. The van der Waals surface area contributed by atoms with Crippen LogP contribution in [0.5, 0.6) is 0 Å². The molecule has 0 atom stereocenters. The number of piperazine rings is 1. The van der Waals surface area contributed by atoms with Gasteiger partial charge in [0.25, 0.3) is 5.91 Å². The Hall–Kier alpha value is -0.830. The van der Waals surface area contributed by atoms with E-state index in [0.717, 1.165) is 25.7 Å². The van der Waals surface area contributed by atoms with Crippen LogP contribution in [0.25, 0.3) is 0 Å². The molecule has 1 aliphatic rings. The van der Waals surface area contributed by atoms with E-state index in [2.05, 4.69) is 11.8 Å². The summed E-state index contributed by atoms with van der Waals surface area (Å²) in [5, 5.41) is 0. The van der Waals surface area contributed by atoms with Crippen LogP contribution in [0.1, 0.15) is 22.8 Å². The number of amides is 1. The molecule has 116 valence electrons. The molecule has 0 saturated carbocycles. The summed E-state index contributed by atoms with van der Waals surface area (Å²) >= 11 is 1.63. The molecule has 1 heterocycles. The standard InChI is InChI=1S/C14H16F3IN2O/c1-2-19-5-7-20(8-6-19)13(21)10-3-4-11(12(18)9-10)14(15,16)17/h3-4,9H,2,5-8H2,1H3. The zero-order valence-corrected chi connectivity index (χ0v) is 13.7. The Balaban J connectivity index is 2.12. The molecule has 1 aromatic rings. The van der Waals surface area contributed by atoms with E-state index in [1.54, 1.807) is 27.5 Å². The molecule has 0 aliphatic carbocycles. The molecule has 21 heavy (non-hydrogen) atoms. The van der Waals surface area contributed by atoms with Crippen molar-refractivity contribution in [1.29, 1.82) is 0 Å². The van der Waals surface area contributed by atoms with Crippen molar-refractivity contribution in [2.24, 2.45) is 0 Å². The minimum Gasteiger partial charge on any atom is -0.336 e. The van der Waals surface area contributed by atoms with E-state index in [0.29, 0.717) is 18.7 Å². The SMILES string of the molecule is CCN1CCN(C(=O)c2ccc(C(F)(F)F)c(I)c2)CC1. The predicted molar refractivity (Wildman–Crippen MR) is 82.2 cm³/mol. The Morgan fingerprint density at radius 3 is 2.33 bits per heavy atom. The highest BCUT2D eigenvalue weighted by molar-refractivity contribution is 14.1. The summed E-state index contributed by atoms with van der Waals surface area (Å²) in [6.07, 6.45) is -4.38. The van der Waals surface area contributed by atoms with Crippen molar-refractivity contribution < 1.29 is 18.0 Å². The van der Waals surface area contributed by atoms with Gasteiger partial charge in [0.15, 0.2) is 0 Å². The normalized spacial score (nSPS) is 17.1. The second kappa shape index (κ2) is 6.51. The van der Waals surface area contributed by atoms with Gasteiger partial charge in [-0.15, -0.1) is 0 Å². The van der Waals surface area contributed by atoms with Crippen LogP contribution in [0, 0.1) is 3.57 Å². The lowest BCUT2D eigenvalue weighted by Gasteiger charge is -2.34. The first-order valence-corrected chi connectivity index (χ1v) is 7.79. The van der Waals surface area contributed by atoms with Crippen molar-refractivity contribution in [3.8, 4) is 0 Å². The number of rotatable bonds is 2. The average Bonchev–Trinajstić information content (AvgIpc) is 2.45. The Morgan fingerprint density at radius 1 is 1.24 bits per heavy atom. The van der Waals surface area contributed by atoms with Gasteiger partial charge in [-0.1, -0.05) is 6.92 Å². The van der Waals surface area contributed by atoms with Crippen molar-refractivity contribution >= 4 is 28.5 Å². The molecule has 0 spiro atoms. The number of carbonyl (C=O) groups is 1. The van der Waals surface area contributed by atoms with Crippen LogP contribution >= 0.6 is 22.6 Å². The van der Waals surface area contributed by atoms with Gasteiger partial charge >= 0.3 is 6.18 Å². The zero-order valence-electron chi connectivity index (χ0n) is 11.6. The first kappa shape index (κ1) is 16.5. The Bertz CT molecular complexity index is 525. The third-order valence-corrected chi connectivity index (χ3v) is 4.52. The number of hydrogen-bond donors (Lipinski definition) is 0. The highest BCUT2D eigenvalue weighted by atomic mass is 127. The van der Waals surface area contributed by atoms with Crippen LogP contribution in [-0.2, 0) is 6.18 Å². The molecule has 1 saturated heterocycles. The van der Waals surface area contributed by atoms with Gasteiger partial charge in [-0.3, -0.25) is 4.79 Å². The molecule has 0 radical (unpaired) electrons. The third-order valence-electron chi connectivity index (χ3n) is 3.63. The summed E-state index contributed by atoms with van der Waals surface area (Å²) in [5.41, 5.74) is -0.382. The lowest BCUT2D eigenvalue weighted by atomic mass is 10.1. The lowest BCUT2D eigenvalue weighted by molar-refractivity contribution is -0.138. The molecule has 0 unspecified atom stereocenters. The summed E-state index contributed by atoms with van der Waals surface area (Å²) < 4.78 is 38.2. The zero-order chi connectivity index (χ0) is 15.6. The van der Waals surface area contributed by atoms with E-state index in [4.69, 9.17) is 0 Å². The number of hydrogen-bond acceptors (Lipinski definition) is 2. The molecular weight excluding hydrogens is 396 g/mol. The predicted octanol–water partition coefficient (Wildman–Crippen LogP) is 3.09. The van der Waals surface area contributed by atoms with Gasteiger partial charge in [-0.25, -0.2) is 0 Å². The molecule has 1 fully saturated rings. The smallest absolute Gasteiger partial charge is 0.336 e. The van der Waals surface area contributed by atoms with Gasteiger partial charge in [0.1, 0.15) is 0 Å². The largest absolute Gasteiger partial charge is 0.417 e. The number of carbonyl (C=O) groups excluding carboxylic acids is 1. The monoisotopic (exact) mass is 412 g/mol. The summed E-state index contributed by atoms with van der Waals surface area (Å²) in [7, 11) is 0. The van der Waals surface area contributed by atoms with Crippen molar-refractivity contribution in [1.82, 2.24) is 9.80 Å². The van der Waals surface area contributed by atoms with Gasteiger partial charge in [0.05, 0.1) is 5.56 Å².